The molecule has 0 aliphatic carbocycles. The highest BCUT2D eigenvalue weighted by Crippen LogP contribution is 2.25. The highest BCUT2D eigenvalue weighted by molar-refractivity contribution is 5.77. The molecule has 1 heterocycles. The van der Waals surface area contributed by atoms with Crippen LogP contribution in [0.4, 0.5) is 0 Å². The number of benzene rings is 2. The summed E-state index contributed by atoms with van der Waals surface area (Å²) in [5.74, 6) is 1.73. The van der Waals surface area contributed by atoms with E-state index >= 15 is 0 Å². The Balaban J connectivity index is 1.66. The molecule has 3 rings (SSSR count). The number of methoxy groups -OCH3 is 1. The van der Waals surface area contributed by atoms with Crippen molar-refractivity contribution in [2.45, 2.75) is 18.9 Å². The average Bonchev–Trinajstić information content (AvgIpc) is 2.97. The molecule has 108 valence electrons. The van der Waals surface area contributed by atoms with Gasteiger partial charge in [0.15, 0.2) is 0 Å². The lowest BCUT2D eigenvalue weighted by Crippen LogP contribution is -2.10. The molecule has 3 nitrogen and oxygen atoms in total. The minimum atomic E-state index is -0.0838. The number of furan rings is 1. The van der Waals surface area contributed by atoms with E-state index in [4.69, 9.17) is 14.9 Å². The van der Waals surface area contributed by atoms with Crippen molar-refractivity contribution >= 4 is 11.0 Å². The van der Waals surface area contributed by atoms with Gasteiger partial charge in [0.2, 0.25) is 0 Å². The summed E-state index contributed by atoms with van der Waals surface area (Å²) in [6.45, 7) is 0. The molecule has 0 saturated heterocycles. The zero-order valence-corrected chi connectivity index (χ0v) is 12.1. The topological polar surface area (TPSA) is 48.4 Å². The first kappa shape index (κ1) is 13.7. The first-order valence-electron chi connectivity index (χ1n) is 7.13. The van der Waals surface area contributed by atoms with E-state index in [1.807, 2.05) is 42.5 Å². The molecular weight excluding hydrogens is 262 g/mol. The van der Waals surface area contributed by atoms with Crippen molar-refractivity contribution in [3.8, 4) is 5.75 Å². The third kappa shape index (κ3) is 3.09. The van der Waals surface area contributed by atoms with Crippen LogP contribution in [0.5, 0.6) is 5.75 Å². The third-order valence-electron chi connectivity index (χ3n) is 3.71. The fourth-order valence-corrected chi connectivity index (χ4v) is 2.44. The van der Waals surface area contributed by atoms with Crippen LogP contribution in [0.3, 0.4) is 0 Å². The lowest BCUT2D eigenvalue weighted by molar-refractivity contribution is 0.414. The molecule has 0 radical (unpaired) electrons. The van der Waals surface area contributed by atoms with Crippen LogP contribution in [0.15, 0.2) is 59.0 Å². The lowest BCUT2D eigenvalue weighted by Gasteiger charge is -2.09. The van der Waals surface area contributed by atoms with Gasteiger partial charge < -0.3 is 14.9 Å². The average molecular weight is 281 g/mol. The molecule has 2 aromatic carbocycles. The summed E-state index contributed by atoms with van der Waals surface area (Å²) in [6.07, 6.45) is 1.77. The SMILES string of the molecule is COc1ccc(CCC(N)c2cc3ccccc3o2)cc1. The normalized spacial score (nSPS) is 12.5. The molecule has 0 bridgehead atoms. The summed E-state index contributed by atoms with van der Waals surface area (Å²) in [5, 5.41) is 1.10. The lowest BCUT2D eigenvalue weighted by atomic mass is 10.0. The molecule has 0 aliphatic heterocycles. The van der Waals surface area contributed by atoms with Gasteiger partial charge in [-0.1, -0.05) is 30.3 Å². The molecule has 2 N–H and O–H groups in total. The zero-order valence-electron chi connectivity index (χ0n) is 12.1. The molecular formula is C18H19NO2. The van der Waals surface area contributed by atoms with Gasteiger partial charge in [-0.2, -0.15) is 0 Å². The first-order chi connectivity index (χ1) is 10.3. The standard InChI is InChI=1S/C18H19NO2/c1-20-15-9-6-13(7-10-15)8-11-16(19)18-12-14-4-2-3-5-17(14)21-18/h2-7,9-10,12,16H,8,11,19H2,1H3. The van der Waals surface area contributed by atoms with E-state index in [0.29, 0.717) is 0 Å². The Morgan fingerprint density at radius 1 is 1.10 bits per heavy atom. The Morgan fingerprint density at radius 3 is 2.57 bits per heavy atom. The van der Waals surface area contributed by atoms with Crippen molar-refractivity contribution in [1.82, 2.24) is 0 Å². The van der Waals surface area contributed by atoms with Crippen LogP contribution in [-0.2, 0) is 6.42 Å². The van der Waals surface area contributed by atoms with E-state index in [1.54, 1.807) is 7.11 Å². The fourth-order valence-electron chi connectivity index (χ4n) is 2.44. The van der Waals surface area contributed by atoms with E-state index < -0.39 is 0 Å². The number of ether oxygens (including phenoxy) is 1. The number of aryl methyl sites for hydroxylation is 1. The summed E-state index contributed by atoms with van der Waals surface area (Å²) in [6, 6.07) is 18.0. The van der Waals surface area contributed by atoms with Crippen molar-refractivity contribution in [2.24, 2.45) is 5.73 Å². The number of hydrogen-bond acceptors (Lipinski definition) is 3. The summed E-state index contributed by atoms with van der Waals surface area (Å²) in [5.41, 5.74) is 8.39. The molecule has 1 atom stereocenters. The highest BCUT2D eigenvalue weighted by atomic mass is 16.5. The van der Waals surface area contributed by atoms with E-state index in [1.165, 1.54) is 5.56 Å². The van der Waals surface area contributed by atoms with Gasteiger partial charge in [-0.05, 0) is 42.7 Å². The summed E-state index contributed by atoms with van der Waals surface area (Å²) in [4.78, 5) is 0. The van der Waals surface area contributed by atoms with Gasteiger partial charge in [-0.25, -0.2) is 0 Å². The van der Waals surface area contributed by atoms with E-state index in [0.717, 1.165) is 35.3 Å². The molecule has 0 spiro atoms. The van der Waals surface area contributed by atoms with Gasteiger partial charge in [0.1, 0.15) is 17.1 Å². The number of para-hydroxylation sites is 1. The Hall–Kier alpha value is -2.26. The van der Waals surface area contributed by atoms with Crippen LogP contribution in [0.2, 0.25) is 0 Å². The van der Waals surface area contributed by atoms with Crippen LogP contribution >= 0.6 is 0 Å². The van der Waals surface area contributed by atoms with Crippen LogP contribution in [-0.4, -0.2) is 7.11 Å². The van der Waals surface area contributed by atoms with Gasteiger partial charge in [0, 0.05) is 5.39 Å². The number of nitrogens with two attached hydrogens (primary N) is 1. The fraction of sp³-hybridized carbons (Fsp3) is 0.222. The molecule has 0 amide bonds. The minimum Gasteiger partial charge on any atom is -0.497 e. The Labute approximate surface area is 124 Å². The monoisotopic (exact) mass is 281 g/mol. The Kier molecular flexibility index (Phi) is 3.93. The summed E-state index contributed by atoms with van der Waals surface area (Å²) in [7, 11) is 1.67. The Morgan fingerprint density at radius 2 is 1.86 bits per heavy atom. The molecule has 0 aliphatic rings. The van der Waals surface area contributed by atoms with Gasteiger partial charge in [-0.3, -0.25) is 0 Å². The van der Waals surface area contributed by atoms with Crippen molar-refractivity contribution in [3.63, 3.8) is 0 Å². The number of fused-ring (bicyclic) bond motifs is 1. The second kappa shape index (κ2) is 6.02. The van der Waals surface area contributed by atoms with E-state index in [9.17, 15) is 0 Å². The van der Waals surface area contributed by atoms with Gasteiger partial charge in [-0.15, -0.1) is 0 Å². The maximum absolute atomic E-state index is 6.24. The van der Waals surface area contributed by atoms with E-state index in [2.05, 4.69) is 12.1 Å². The predicted octanol–water partition coefficient (Wildman–Crippen LogP) is 4.07. The summed E-state index contributed by atoms with van der Waals surface area (Å²) < 4.78 is 11.0. The molecule has 0 saturated carbocycles. The maximum Gasteiger partial charge on any atom is 0.134 e. The second-order valence-electron chi connectivity index (χ2n) is 5.18. The van der Waals surface area contributed by atoms with Crippen molar-refractivity contribution in [2.75, 3.05) is 7.11 Å². The van der Waals surface area contributed by atoms with Gasteiger partial charge in [0.25, 0.3) is 0 Å². The third-order valence-corrected chi connectivity index (χ3v) is 3.71. The number of hydrogen-bond donors (Lipinski definition) is 1. The van der Waals surface area contributed by atoms with Crippen LogP contribution in [0, 0.1) is 0 Å². The maximum atomic E-state index is 6.24. The van der Waals surface area contributed by atoms with E-state index in [-0.39, 0.29) is 6.04 Å². The summed E-state index contributed by atoms with van der Waals surface area (Å²) >= 11 is 0. The smallest absolute Gasteiger partial charge is 0.134 e. The molecule has 1 unspecified atom stereocenters. The van der Waals surface area contributed by atoms with Crippen LogP contribution < -0.4 is 10.5 Å². The van der Waals surface area contributed by atoms with Crippen molar-refractivity contribution < 1.29 is 9.15 Å². The van der Waals surface area contributed by atoms with Crippen LogP contribution in [0.1, 0.15) is 23.8 Å². The van der Waals surface area contributed by atoms with Crippen LogP contribution in [0.25, 0.3) is 11.0 Å². The molecule has 1 aromatic heterocycles. The minimum absolute atomic E-state index is 0.0838. The molecule has 0 fully saturated rings. The van der Waals surface area contributed by atoms with Gasteiger partial charge >= 0.3 is 0 Å². The first-order valence-corrected chi connectivity index (χ1v) is 7.13. The Bertz CT molecular complexity index is 682. The largest absolute Gasteiger partial charge is 0.497 e. The molecule has 21 heavy (non-hydrogen) atoms. The van der Waals surface area contributed by atoms with Gasteiger partial charge in [0.05, 0.1) is 13.2 Å². The number of rotatable bonds is 5. The predicted molar refractivity (Wildman–Crippen MR) is 84.5 cm³/mol. The zero-order chi connectivity index (χ0) is 14.7. The molecule has 3 aromatic rings. The highest BCUT2D eigenvalue weighted by Gasteiger charge is 2.12. The quantitative estimate of drug-likeness (QED) is 0.766. The second-order valence-corrected chi connectivity index (χ2v) is 5.18. The molecule has 3 heteroatoms. The van der Waals surface area contributed by atoms with Crippen molar-refractivity contribution in [1.29, 1.82) is 0 Å². The van der Waals surface area contributed by atoms with Crippen molar-refractivity contribution in [3.05, 3.63) is 65.9 Å².